The number of hydrogen-bond acceptors (Lipinski definition) is 3. The van der Waals surface area contributed by atoms with Gasteiger partial charge in [-0.15, -0.1) is 0 Å². The van der Waals surface area contributed by atoms with Crippen molar-refractivity contribution < 1.29 is 27.1 Å². The zero-order valence-electron chi connectivity index (χ0n) is 14.3. The standard InChI is InChI=1S/C19H19F5N2O/c20-18(21,19(22,23)24)16-3-1-2-4-17(16)25-13-9-11-26(12-10-13)14-5-7-15(27)8-6-14/h1-8,13,25,27H,9-12H2. The topological polar surface area (TPSA) is 35.5 Å². The Kier molecular flexibility index (Phi) is 5.17. The second-order valence-corrected chi connectivity index (χ2v) is 6.54. The number of phenolic OH excluding ortho intramolecular Hbond substituents is 1. The third kappa shape index (κ3) is 4.09. The van der Waals surface area contributed by atoms with Gasteiger partial charge in [-0.25, -0.2) is 0 Å². The predicted molar refractivity (Wildman–Crippen MR) is 93.4 cm³/mol. The van der Waals surface area contributed by atoms with Crippen LogP contribution in [0.1, 0.15) is 18.4 Å². The fraction of sp³-hybridized carbons (Fsp3) is 0.368. The first-order valence-electron chi connectivity index (χ1n) is 8.53. The quantitative estimate of drug-likeness (QED) is 0.716. The normalized spacial score (nSPS) is 16.4. The molecule has 0 radical (unpaired) electrons. The number of aromatic hydroxyl groups is 1. The molecule has 0 atom stereocenters. The Morgan fingerprint density at radius 1 is 0.889 bits per heavy atom. The maximum atomic E-state index is 13.8. The van der Waals surface area contributed by atoms with Crippen molar-refractivity contribution in [2.45, 2.75) is 31.0 Å². The number of phenols is 1. The number of rotatable bonds is 4. The van der Waals surface area contributed by atoms with E-state index in [-0.39, 0.29) is 17.5 Å². The SMILES string of the molecule is Oc1ccc(N2CCC(Nc3ccccc3C(F)(F)C(F)(F)F)CC2)cc1. The molecule has 27 heavy (non-hydrogen) atoms. The summed E-state index contributed by atoms with van der Waals surface area (Å²) in [4.78, 5) is 2.08. The van der Waals surface area contributed by atoms with Gasteiger partial charge in [0.2, 0.25) is 0 Å². The average Bonchev–Trinajstić information content (AvgIpc) is 2.62. The van der Waals surface area contributed by atoms with Crippen molar-refractivity contribution in [1.29, 1.82) is 0 Å². The molecule has 8 heteroatoms. The van der Waals surface area contributed by atoms with Crippen LogP contribution in [-0.2, 0) is 5.92 Å². The van der Waals surface area contributed by atoms with Gasteiger partial charge in [0.05, 0.1) is 5.56 Å². The van der Waals surface area contributed by atoms with Gasteiger partial charge in [-0.3, -0.25) is 0 Å². The zero-order chi connectivity index (χ0) is 19.7. The number of benzene rings is 2. The molecule has 1 aliphatic heterocycles. The second kappa shape index (κ2) is 7.25. The third-order valence-electron chi connectivity index (χ3n) is 4.69. The number of anilines is 2. The highest BCUT2D eigenvalue weighted by Gasteiger charge is 2.59. The van der Waals surface area contributed by atoms with Gasteiger partial charge in [-0.2, -0.15) is 22.0 Å². The average molecular weight is 386 g/mol. The number of hydrogen-bond donors (Lipinski definition) is 2. The van der Waals surface area contributed by atoms with Gasteiger partial charge in [0.1, 0.15) is 5.75 Å². The number of nitrogens with one attached hydrogen (secondary N) is 1. The first-order valence-corrected chi connectivity index (χ1v) is 8.53. The lowest BCUT2D eigenvalue weighted by molar-refractivity contribution is -0.289. The molecule has 146 valence electrons. The summed E-state index contributed by atoms with van der Waals surface area (Å²) in [6.45, 7) is 1.25. The molecule has 0 aromatic heterocycles. The molecule has 0 unspecified atom stereocenters. The monoisotopic (exact) mass is 386 g/mol. The van der Waals surface area contributed by atoms with Crippen molar-refractivity contribution in [3.63, 3.8) is 0 Å². The van der Waals surface area contributed by atoms with E-state index in [0.717, 1.165) is 11.8 Å². The van der Waals surface area contributed by atoms with Crippen LogP contribution < -0.4 is 10.2 Å². The van der Waals surface area contributed by atoms with Crippen molar-refractivity contribution in [3.05, 3.63) is 54.1 Å². The number of nitrogens with zero attached hydrogens (tertiary/aromatic N) is 1. The molecule has 1 heterocycles. The summed E-state index contributed by atoms with van der Waals surface area (Å²) in [5, 5.41) is 12.2. The van der Waals surface area contributed by atoms with Crippen LogP contribution in [0, 0.1) is 0 Å². The van der Waals surface area contributed by atoms with Crippen LogP contribution in [0.5, 0.6) is 5.75 Å². The molecular formula is C19H19F5N2O. The minimum Gasteiger partial charge on any atom is -0.508 e. The fourth-order valence-electron chi connectivity index (χ4n) is 3.20. The van der Waals surface area contributed by atoms with E-state index >= 15 is 0 Å². The first-order chi connectivity index (χ1) is 12.7. The third-order valence-corrected chi connectivity index (χ3v) is 4.69. The molecule has 1 saturated heterocycles. The summed E-state index contributed by atoms with van der Waals surface area (Å²) in [5.41, 5.74) is -0.323. The Morgan fingerprint density at radius 3 is 2.07 bits per heavy atom. The van der Waals surface area contributed by atoms with Crippen molar-refractivity contribution in [2.24, 2.45) is 0 Å². The van der Waals surface area contributed by atoms with Crippen molar-refractivity contribution in [2.75, 3.05) is 23.3 Å². The molecule has 0 amide bonds. The molecule has 1 fully saturated rings. The Hall–Kier alpha value is -2.51. The highest BCUT2D eigenvalue weighted by atomic mass is 19.4. The van der Waals surface area contributed by atoms with Crippen LogP contribution in [0.4, 0.5) is 33.3 Å². The van der Waals surface area contributed by atoms with Crippen LogP contribution in [0.3, 0.4) is 0 Å². The lowest BCUT2D eigenvalue weighted by Crippen LogP contribution is -2.40. The molecule has 1 aliphatic rings. The van der Waals surface area contributed by atoms with E-state index in [1.54, 1.807) is 24.3 Å². The molecule has 3 nitrogen and oxygen atoms in total. The molecule has 0 saturated carbocycles. The highest BCUT2D eigenvalue weighted by Crippen LogP contribution is 2.46. The van der Waals surface area contributed by atoms with E-state index in [2.05, 4.69) is 10.2 Å². The lowest BCUT2D eigenvalue weighted by atomic mass is 10.0. The molecule has 0 spiro atoms. The van der Waals surface area contributed by atoms with E-state index in [1.807, 2.05) is 0 Å². The lowest BCUT2D eigenvalue weighted by Gasteiger charge is -2.35. The number of alkyl halides is 5. The molecule has 0 bridgehead atoms. The number of para-hydroxylation sites is 1. The van der Waals surface area contributed by atoms with Gasteiger partial charge in [0.25, 0.3) is 0 Å². The van der Waals surface area contributed by atoms with Crippen molar-refractivity contribution >= 4 is 11.4 Å². The van der Waals surface area contributed by atoms with E-state index < -0.39 is 17.7 Å². The number of halogens is 5. The van der Waals surface area contributed by atoms with Crippen LogP contribution in [-0.4, -0.2) is 30.4 Å². The summed E-state index contributed by atoms with van der Waals surface area (Å²) in [6, 6.07) is 11.2. The summed E-state index contributed by atoms with van der Waals surface area (Å²) in [7, 11) is 0. The molecule has 3 rings (SSSR count). The molecule has 0 aliphatic carbocycles. The summed E-state index contributed by atoms with van der Waals surface area (Å²) < 4.78 is 65.8. The maximum absolute atomic E-state index is 13.8. The van der Waals surface area contributed by atoms with Crippen LogP contribution in [0.2, 0.25) is 0 Å². The van der Waals surface area contributed by atoms with Gasteiger partial charge in [-0.1, -0.05) is 18.2 Å². The Morgan fingerprint density at radius 2 is 1.48 bits per heavy atom. The van der Waals surface area contributed by atoms with Gasteiger partial charge in [0.15, 0.2) is 0 Å². The predicted octanol–water partition coefficient (Wildman–Crippen LogP) is 5.13. The van der Waals surface area contributed by atoms with Gasteiger partial charge in [-0.05, 0) is 43.2 Å². The second-order valence-electron chi connectivity index (χ2n) is 6.54. The summed E-state index contributed by atoms with van der Waals surface area (Å²) in [5.74, 6) is -4.75. The van der Waals surface area contributed by atoms with Gasteiger partial charge in [0, 0.05) is 30.5 Å². The minimum absolute atomic E-state index is 0.164. The van der Waals surface area contributed by atoms with Gasteiger partial charge >= 0.3 is 12.1 Å². The number of piperidine rings is 1. The highest BCUT2D eigenvalue weighted by molar-refractivity contribution is 5.55. The Balaban J connectivity index is 1.69. The minimum atomic E-state index is -5.65. The Bertz CT molecular complexity index is 768. The largest absolute Gasteiger partial charge is 0.508 e. The van der Waals surface area contributed by atoms with Gasteiger partial charge < -0.3 is 15.3 Å². The smallest absolute Gasteiger partial charge is 0.458 e. The van der Waals surface area contributed by atoms with E-state index in [0.29, 0.717) is 25.9 Å². The maximum Gasteiger partial charge on any atom is 0.458 e. The fourth-order valence-corrected chi connectivity index (χ4v) is 3.20. The molecule has 2 N–H and O–H groups in total. The van der Waals surface area contributed by atoms with E-state index in [4.69, 9.17) is 0 Å². The summed E-state index contributed by atoms with van der Waals surface area (Å²) >= 11 is 0. The first kappa shape index (κ1) is 19.3. The Labute approximate surface area is 153 Å². The van der Waals surface area contributed by atoms with Crippen molar-refractivity contribution in [1.82, 2.24) is 0 Å². The van der Waals surface area contributed by atoms with Crippen LogP contribution in [0.15, 0.2) is 48.5 Å². The van der Waals surface area contributed by atoms with E-state index in [1.165, 1.54) is 18.2 Å². The molecule has 2 aromatic carbocycles. The van der Waals surface area contributed by atoms with Crippen LogP contribution >= 0.6 is 0 Å². The van der Waals surface area contributed by atoms with E-state index in [9.17, 15) is 27.1 Å². The van der Waals surface area contributed by atoms with Crippen LogP contribution in [0.25, 0.3) is 0 Å². The molecule has 2 aromatic rings. The molecular weight excluding hydrogens is 367 g/mol. The van der Waals surface area contributed by atoms with Crippen molar-refractivity contribution in [3.8, 4) is 5.75 Å². The zero-order valence-corrected chi connectivity index (χ0v) is 14.3. The summed E-state index contributed by atoms with van der Waals surface area (Å²) in [6.07, 6.45) is -4.47.